The maximum Gasteiger partial charge on any atom is 0.275 e. The first-order chi connectivity index (χ1) is 13.2. The third kappa shape index (κ3) is 2.97. The van der Waals surface area contributed by atoms with Crippen LogP contribution in [0.25, 0.3) is 0 Å². The molecule has 3 aromatic rings. The third-order valence-corrected chi connectivity index (χ3v) is 4.21. The van der Waals surface area contributed by atoms with E-state index in [0.717, 1.165) is 22.4 Å². The zero-order chi connectivity index (χ0) is 18.8. The Morgan fingerprint density at radius 2 is 2.19 bits per heavy atom. The largest absolute Gasteiger partial charge is 0.472 e. The fourth-order valence-electron chi connectivity index (χ4n) is 2.92. The van der Waals surface area contributed by atoms with E-state index in [1.807, 2.05) is 30.3 Å². The molecular weight excluding hydrogens is 340 g/mol. The molecule has 128 valence electrons. The normalized spacial score (nSPS) is 11.9. The molecule has 1 aliphatic heterocycles. The van der Waals surface area contributed by atoms with E-state index in [4.69, 9.17) is 16.1 Å². The fraction of sp³-hybridized carbons (Fsp3) is 0.0476. The Morgan fingerprint density at radius 3 is 2.93 bits per heavy atom. The van der Waals surface area contributed by atoms with Gasteiger partial charge in [-0.1, -0.05) is 12.0 Å². The molecule has 0 spiro atoms. The lowest BCUT2D eigenvalue weighted by Crippen LogP contribution is -2.16. The van der Waals surface area contributed by atoms with Crippen molar-refractivity contribution in [3.63, 3.8) is 0 Å². The number of amides is 1. The minimum absolute atomic E-state index is 0.0979. The van der Waals surface area contributed by atoms with Crippen LogP contribution in [0, 0.1) is 23.7 Å². The SMILES string of the molecule is C#Cc1cc(C#N)cnc1C(=O)Nc1ccc2c(c1)C(c1ccoc1)=NC2. The van der Waals surface area contributed by atoms with Gasteiger partial charge in [-0.15, -0.1) is 6.42 Å². The molecule has 1 aromatic carbocycles. The van der Waals surface area contributed by atoms with Crippen LogP contribution in [0.15, 0.2) is 58.5 Å². The van der Waals surface area contributed by atoms with Gasteiger partial charge in [0.1, 0.15) is 11.8 Å². The maximum absolute atomic E-state index is 12.6. The Bertz CT molecular complexity index is 1160. The lowest BCUT2D eigenvalue weighted by molar-refractivity contribution is 0.102. The van der Waals surface area contributed by atoms with Crippen LogP contribution in [-0.4, -0.2) is 16.6 Å². The average Bonchev–Trinajstić information content (AvgIpc) is 3.36. The summed E-state index contributed by atoms with van der Waals surface area (Å²) in [5, 5.41) is 11.7. The van der Waals surface area contributed by atoms with Gasteiger partial charge >= 0.3 is 0 Å². The van der Waals surface area contributed by atoms with Crippen molar-refractivity contribution < 1.29 is 9.21 Å². The van der Waals surface area contributed by atoms with Crippen molar-refractivity contribution in [1.29, 1.82) is 5.26 Å². The number of furan rings is 1. The molecule has 1 N–H and O–H groups in total. The Kier molecular flexibility index (Phi) is 4.00. The lowest BCUT2D eigenvalue weighted by Gasteiger charge is -2.09. The third-order valence-electron chi connectivity index (χ3n) is 4.21. The first-order valence-corrected chi connectivity index (χ1v) is 8.08. The average molecular weight is 352 g/mol. The van der Waals surface area contributed by atoms with Gasteiger partial charge < -0.3 is 9.73 Å². The Balaban J connectivity index is 1.63. The van der Waals surface area contributed by atoms with Crippen molar-refractivity contribution in [3.05, 3.63) is 82.6 Å². The summed E-state index contributed by atoms with van der Waals surface area (Å²) in [4.78, 5) is 21.2. The summed E-state index contributed by atoms with van der Waals surface area (Å²) in [6, 6.07) is 10.9. The highest BCUT2D eigenvalue weighted by Crippen LogP contribution is 2.26. The zero-order valence-electron chi connectivity index (χ0n) is 14.1. The molecule has 0 saturated carbocycles. The van der Waals surface area contributed by atoms with E-state index in [0.29, 0.717) is 17.8 Å². The summed E-state index contributed by atoms with van der Waals surface area (Å²) in [5.74, 6) is 1.96. The number of carbonyl (C=O) groups excluding carboxylic acids is 1. The zero-order valence-corrected chi connectivity index (χ0v) is 14.1. The fourth-order valence-corrected chi connectivity index (χ4v) is 2.92. The van der Waals surface area contributed by atoms with Crippen LogP contribution in [-0.2, 0) is 6.54 Å². The van der Waals surface area contributed by atoms with Crippen molar-refractivity contribution in [2.24, 2.45) is 4.99 Å². The molecule has 1 amide bonds. The Labute approximate surface area is 155 Å². The van der Waals surface area contributed by atoms with Crippen molar-refractivity contribution in [1.82, 2.24) is 4.98 Å². The summed E-state index contributed by atoms with van der Waals surface area (Å²) >= 11 is 0. The molecule has 0 atom stereocenters. The van der Waals surface area contributed by atoms with Gasteiger partial charge in [0.25, 0.3) is 5.91 Å². The molecule has 0 bridgehead atoms. The summed E-state index contributed by atoms with van der Waals surface area (Å²) in [6.07, 6.45) is 10.0. The van der Waals surface area contributed by atoms with Gasteiger partial charge in [0, 0.05) is 23.0 Å². The number of nitrogens with one attached hydrogen (secondary N) is 1. The second kappa shape index (κ2) is 6.62. The predicted molar refractivity (Wildman–Crippen MR) is 99.3 cm³/mol. The second-order valence-corrected chi connectivity index (χ2v) is 5.88. The van der Waals surface area contributed by atoms with Crippen molar-refractivity contribution >= 4 is 17.3 Å². The monoisotopic (exact) mass is 352 g/mol. The summed E-state index contributed by atoms with van der Waals surface area (Å²) in [6.45, 7) is 0.586. The van der Waals surface area contributed by atoms with Crippen LogP contribution in [0.5, 0.6) is 0 Å². The molecule has 1 aliphatic rings. The lowest BCUT2D eigenvalue weighted by atomic mass is 10.0. The number of aliphatic imine (C=N–C) groups is 1. The van der Waals surface area contributed by atoms with Crippen LogP contribution in [0.3, 0.4) is 0 Å². The Hall–Kier alpha value is -4.16. The van der Waals surface area contributed by atoms with E-state index < -0.39 is 5.91 Å². The van der Waals surface area contributed by atoms with Gasteiger partial charge in [-0.25, -0.2) is 4.98 Å². The van der Waals surface area contributed by atoms with E-state index in [-0.39, 0.29) is 11.3 Å². The van der Waals surface area contributed by atoms with Crippen LogP contribution >= 0.6 is 0 Å². The first-order valence-electron chi connectivity index (χ1n) is 8.08. The number of nitrogens with zero attached hydrogens (tertiary/aromatic N) is 3. The van der Waals surface area contributed by atoms with E-state index in [1.54, 1.807) is 12.5 Å². The van der Waals surface area contributed by atoms with Gasteiger partial charge in [-0.05, 0) is 29.8 Å². The van der Waals surface area contributed by atoms with E-state index in [9.17, 15) is 4.79 Å². The summed E-state index contributed by atoms with van der Waals surface area (Å²) in [7, 11) is 0. The molecule has 0 unspecified atom stereocenters. The minimum atomic E-state index is -0.438. The number of fused-ring (bicyclic) bond motifs is 1. The molecule has 0 saturated heterocycles. The van der Waals surface area contributed by atoms with Crippen molar-refractivity contribution in [2.45, 2.75) is 6.54 Å². The highest BCUT2D eigenvalue weighted by Gasteiger charge is 2.20. The number of hydrogen-bond acceptors (Lipinski definition) is 5. The number of rotatable bonds is 3. The van der Waals surface area contributed by atoms with Crippen molar-refractivity contribution in [3.8, 4) is 18.4 Å². The molecular formula is C21H12N4O2. The van der Waals surface area contributed by atoms with E-state index >= 15 is 0 Å². The number of hydrogen-bond donors (Lipinski definition) is 1. The smallest absolute Gasteiger partial charge is 0.275 e. The molecule has 0 radical (unpaired) electrons. The van der Waals surface area contributed by atoms with E-state index in [2.05, 4.69) is 21.2 Å². The van der Waals surface area contributed by atoms with Crippen LogP contribution in [0.4, 0.5) is 5.69 Å². The van der Waals surface area contributed by atoms with Gasteiger partial charge in [-0.3, -0.25) is 9.79 Å². The van der Waals surface area contributed by atoms with E-state index in [1.165, 1.54) is 12.3 Å². The first kappa shape index (κ1) is 16.3. The standard InChI is InChI=1S/C21H12N4O2/c1-2-14-7-13(9-22)10-23-20(14)21(26)25-17-4-3-15-11-24-19(18(15)8-17)16-5-6-27-12-16/h1,3-8,10,12H,11H2,(H,25,26). The highest BCUT2D eigenvalue weighted by molar-refractivity contribution is 6.15. The molecule has 0 aliphatic carbocycles. The molecule has 4 rings (SSSR count). The molecule has 6 heteroatoms. The number of carbonyl (C=O) groups is 1. The maximum atomic E-state index is 12.6. The molecule has 2 aromatic heterocycles. The molecule has 6 nitrogen and oxygen atoms in total. The molecule has 0 fully saturated rings. The van der Waals surface area contributed by atoms with Crippen LogP contribution in [0.2, 0.25) is 0 Å². The van der Waals surface area contributed by atoms with Gasteiger partial charge in [0.05, 0.1) is 35.9 Å². The van der Waals surface area contributed by atoms with Gasteiger partial charge in [-0.2, -0.15) is 5.26 Å². The number of nitriles is 1. The van der Waals surface area contributed by atoms with Gasteiger partial charge in [0.2, 0.25) is 0 Å². The quantitative estimate of drug-likeness (QED) is 0.733. The van der Waals surface area contributed by atoms with Crippen LogP contribution < -0.4 is 5.32 Å². The topological polar surface area (TPSA) is 91.3 Å². The second-order valence-electron chi connectivity index (χ2n) is 5.88. The number of benzene rings is 1. The molecule has 27 heavy (non-hydrogen) atoms. The van der Waals surface area contributed by atoms with Gasteiger partial charge in [0.15, 0.2) is 0 Å². The number of pyridine rings is 1. The predicted octanol–water partition coefficient (Wildman–Crippen LogP) is 3.13. The highest BCUT2D eigenvalue weighted by atomic mass is 16.3. The summed E-state index contributed by atoms with van der Waals surface area (Å²) < 4.78 is 5.14. The molecule has 3 heterocycles. The minimum Gasteiger partial charge on any atom is -0.472 e. The van der Waals surface area contributed by atoms with Crippen LogP contribution in [0.1, 0.15) is 38.3 Å². The number of anilines is 1. The number of aromatic nitrogens is 1. The summed E-state index contributed by atoms with van der Waals surface area (Å²) in [5.41, 5.74) is 5.01. The Morgan fingerprint density at radius 1 is 1.30 bits per heavy atom. The number of terminal acetylenes is 1. The van der Waals surface area contributed by atoms with Crippen molar-refractivity contribution in [2.75, 3.05) is 5.32 Å².